The number of nitrogens with one attached hydrogen (secondary N) is 1. The number of fused-ring (bicyclic) bond motifs is 1. The Morgan fingerprint density at radius 3 is 2.59 bits per heavy atom. The summed E-state index contributed by atoms with van der Waals surface area (Å²) < 4.78 is 12.8. The zero-order chi connectivity index (χ0) is 19.4. The van der Waals surface area contributed by atoms with Gasteiger partial charge in [0, 0.05) is 23.5 Å². The van der Waals surface area contributed by atoms with Gasteiger partial charge in [0.2, 0.25) is 0 Å². The quantitative estimate of drug-likeness (QED) is 0.639. The van der Waals surface area contributed by atoms with E-state index in [2.05, 4.69) is 28.9 Å². The van der Waals surface area contributed by atoms with Gasteiger partial charge in [-0.15, -0.1) is 0 Å². The molecule has 0 unspecified atom stereocenters. The number of hydrogen-bond donors (Lipinski definition) is 1. The van der Waals surface area contributed by atoms with E-state index in [1.807, 2.05) is 19.1 Å². The summed E-state index contributed by atoms with van der Waals surface area (Å²) in [6, 6.07) is 13.5. The number of benzene rings is 2. The lowest BCUT2D eigenvalue weighted by molar-refractivity contribution is 0.101. The number of nitrogens with zero attached hydrogens (tertiary/aromatic N) is 1. The predicted octanol–water partition coefficient (Wildman–Crippen LogP) is 5.02. The van der Waals surface area contributed by atoms with Crippen LogP contribution < -0.4 is 14.8 Å². The van der Waals surface area contributed by atoms with Crippen LogP contribution in [0.3, 0.4) is 0 Å². The van der Waals surface area contributed by atoms with Crippen LogP contribution in [0.1, 0.15) is 35.8 Å². The van der Waals surface area contributed by atoms with E-state index in [-0.39, 0.29) is 5.91 Å². The number of carbonyl (C=O) groups excluding carboxylic acids is 1. The van der Waals surface area contributed by atoms with E-state index in [0.29, 0.717) is 22.9 Å². The number of aryl methyl sites for hydroxylation is 2. The first kappa shape index (κ1) is 18.8. The first-order valence-electron chi connectivity index (χ1n) is 9.21. The molecule has 0 atom stereocenters. The summed E-state index contributed by atoms with van der Waals surface area (Å²) in [5.41, 5.74) is 3.36. The first-order chi connectivity index (χ1) is 13.1. The summed E-state index contributed by atoms with van der Waals surface area (Å²) in [7, 11) is 3.18. The van der Waals surface area contributed by atoms with Crippen LogP contribution in [-0.2, 0) is 6.54 Å². The van der Waals surface area contributed by atoms with Crippen LogP contribution in [0.5, 0.6) is 11.5 Å². The molecule has 0 fully saturated rings. The molecule has 0 aliphatic heterocycles. The molecular formula is C22H26N2O3. The van der Waals surface area contributed by atoms with E-state index in [1.54, 1.807) is 32.4 Å². The molecule has 1 N–H and O–H groups in total. The number of hydrogen-bond acceptors (Lipinski definition) is 3. The van der Waals surface area contributed by atoms with Gasteiger partial charge in [0.1, 0.15) is 17.2 Å². The average Bonchev–Trinajstić information content (AvgIpc) is 2.98. The van der Waals surface area contributed by atoms with Crippen molar-refractivity contribution < 1.29 is 14.3 Å². The number of para-hydroxylation sites is 1. The fourth-order valence-electron chi connectivity index (χ4n) is 3.41. The van der Waals surface area contributed by atoms with Crippen molar-refractivity contribution >= 4 is 22.5 Å². The number of amides is 1. The van der Waals surface area contributed by atoms with Gasteiger partial charge in [-0.25, -0.2) is 0 Å². The average molecular weight is 366 g/mol. The first-order valence-corrected chi connectivity index (χ1v) is 9.21. The summed E-state index contributed by atoms with van der Waals surface area (Å²) in [6.45, 7) is 4.96. The highest BCUT2D eigenvalue weighted by Gasteiger charge is 2.21. The van der Waals surface area contributed by atoms with Crippen LogP contribution in [0.2, 0.25) is 0 Å². The van der Waals surface area contributed by atoms with Crippen molar-refractivity contribution in [2.75, 3.05) is 19.5 Å². The van der Waals surface area contributed by atoms with Gasteiger partial charge in [-0.3, -0.25) is 4.79 Å². The van der Waals surface area contributed by atoms with Crippen molar-refractivity contribution in [2.24, 2.45) is 0 Å². The fourth-order valence-corrected chi connectivity index (χ4v) is 3.41. The van der Waals surface area contributed by atoms with Crippen LogP contribution in [0, 0.1) is 6.92 Å². The molecule has 0 aliphatic rings. The summed E-state index contributed by atoms with van der Waals surface area (Å²) >= 11 is 0. The maximum absolute atomic E-state index is 13.2. The van der Waals surface area contributed by atoms with E-state index >= 15 is 0 Å². The van der Waals surface area contributed by atoms with E-state index < -0.39 is 0 Å². The van der Waals surface area contributed by atoms with Gasteiger partial charge in [0.05, 0.1) is 19.9 Å². The third-order valence-electron chi connectivity index (χ3n) is 4.83. The molecular weight excluding hydrogens is 340 g/mol. The number of ether oxygens (including phenoxy) is 2. The molecule has 3 rings (SSSR count). The zero-order valence-corrected chi connectivity index (χ0v) is 16.3. The molecule has 0 radical (unpaired) electrons. The third kappa shape index (κ3) is 3.63. The largest absolute Gasteiger partial charge is 0.497 e. The van der Waals surface area contributed by atoms with Crippen LogP contribution >= 0.6 is 0 Å². The van der Waals surface area contributed by atoms with Crippen molar-refractivity contribution in [2.45, 2.75) is 33.2 Å². The van der Waals surface area contributed by atoms with Gasteiger partial charge in [0.15, 0.2) is 0 Å². The van der Waals surface area contributed by atoms with Crippen molar-refractivity contribution in [3.63, 3.8) is 0 Å². The SMILES string of the molecule is CCCCn1c(C(=O)Nc2cc(OC)ccc2OC)c(C)c2ccccc21. The molecule has 1 aromatic heterocycles. The number of unbranched alkanes of at least 4 members (excludes halogenated alkanes) is 1. The molecule has 3 aromatic rings. The summed E-state index contributed by atoms with van der Waals surface area (Å²) in [6.07, 6.45) is 2.08. The second kappa shape index (κ2) is 8.16. The van der Waals surface area contributed by atoms with Crippen molar-refractivity contribution in [3.05, 3.63) is 53.7 Å². The topological polar surface area (TPSA) is 52.5 Å². The standard InChI is InChI=1S/C22H26N2O3/c1-5-6-13-24-19-10-8-7-9-17(19)15(2)21(24)22(25)23-18-14-16(26-3)11-12-20(18)27-4/h7-12,14H,5-6,13H2,1-4H3,(H,23,25). The third-order valence-corrected chi connectivity index (χ3v) is 4.83. The Balaban J connectivity index is 2.04. The van der Waals surface area contributed by atoms with Crippen LogP contribution in [-0.4, -0.2) is 24.7 Å². The number of anilines is 1. The Kier molecular flexibility index (Phi) is 5.69. The van der Waals surface area contributed by atoms with Gasteiger partial charge in [-0.2, -0.15) is 0 Å². The molecule has 1 heterocycles. The Bertz CT molecular complexity index is 960. The smallest absolute Gasteiger partial charge is 0.272 e. The second-order valence-corrected chi connectivity index (χ2v) is 6.52. The number of methoxy groups -OCH3 is 2. The van der Waals surface area contributed by atoms with Crippen molar-refractivity contribution in [1.82, 2.24) is 4.57 Å². The molecule has 2 aromatic carbocycles. The zero-order valence-electron chi connectivity index (χ0n) is 16.3. The van der Waals surface area contributed by atoms with Gasteiger partial charge in [-0.05, 0) is 37.1 Å². The van der Waals surface area contributed by atoms with Gasteiger partial charge < -0.3 is 19.4 Å². The maximum atomic E-state index is 13.2. The Morgan fingerprint density at radius 2 is 1.89 bits per heavy atom. The summed E-state index contributed by atoms with van der Waals surface area (Å²) in [5.74, 6) is 1.11. The lowest BCUT2D eigenvalue weighted by Crippen LogP contribution is -2.19. The predicted molar refractivity (Wildman–Crippen MR) is 109 cm³/mol. The molecule has 5 nitrogen and oxygen atoms in total. The summed E-state index contributed by atoms with van der Waals surface area (Å²) in [5, 5.41) is 4.11. The molecule has 0 aliphatic carbocycles. The molecule has 1 amide bonds. The van der Waals surface area contributed by atoms with Crippen molar-refractivity contribution in [3.8, 4) is 11.5 Å². The number of carbonyl (C=O) groups is 1. The monoisotopic (exact) mass is 366 g/mol. The highest BCUT2D eigenvalue weighted by molar-refractivity contribution is 6.09. The van der Waals surface area contributed by atoms with Gasteiger partial charge in [0.25, 0.3) is 5.91 Å². The van der Waals surface area contributed by atoms with E-state index in [1.165, 1.54) is 0 Å². The summed E-state index contributed by atoms with van der Waals surface area (Å²) in [4.78, 5) is 13.2. The van der Waals surface area contributed by atoms with Gasteiger partial charge >= 0.3 is 0 Å². The molecule has 142 valence electrons. The Hall–Kier alpha value is -2.95. The van der Waals surface area contributed by atoms with E-state index in [0.717, 1.165) is 35.9 Å². The number of aromatic nitrogens is 1. The lowest BCUT2D eigenvalue weighted by atomic mass is 10.1. The number of rotatable bonds is 7. The second-order valence-electron chi connectivity index (χ2n) is 6.52. The highest BCUT2D eigenvalue weighted by atomic mass is 16.5. The maximum Gasteiger partial charge on any atom is 0.272 e. The lowest BCUT2D eigenvalue weighted by Gasteiger charge is -2.14. The molecule has 0 bridgehead atoms. The van der Waals surface area contributed by atoms with Crippen LogP contribution in [0.15, 0.2) is 42.5 Å². The molecule has 0 spiro atoms. The minimum absolute atomic E-state index is 0.147. The molecule has 5 heteroatoms. The molecule has 0 saturated carbocycles. The van der Waals surface area contributed by atoms with E-state index in [9.17, 15) is 4.79 Å². The van der Waals surface area contributed by atoms with Gasteiger partial charge in [-0.1, -0.05) is 31.5 Å². The minimum atomic E-state index is -0.147. The molecule has 27 heavy (non-hydrogen) atoms. The highest BCUT2D eigenvalue weighted by Crippen LogP contribution is 2.31. The normalized spacial score (nSPS) is 10.8. The van der Waals surface area contributed by atoms with Crippen molar-refractivity contribution in [1.29, 1.82) is 0 Å². The Labute approximate surface area is 159 Å². The van der Waals surface area contributed by atoms with E-state index in [4.69, 9.17) is 9.47 Å². The fraction of sp³-hybridized carbons (Fsp3) is 0.318. The molecule has 0 saturated heterocycles. The van der Waals surface area contributed by atoms with Crippen LogP contribution in [0.4, 0.5) is 5.69 Å². The minimum Gasteiger partial charge on any atom is -0.497 e. The van der Waals surface area contributed by atoms with Crippen LogP contribution in [0.25, 0.3) is 10.9 Å². The Morgan fingerprint density at radius 1 is 1.11 bits per heavy atom.